The number of sulfone groups is 1. The SMILES string of the molecule is C[C@@H]1Sc2ccc(S(=O)(=O)CCC(=O)N3CCC(Cc4ccccc4)CC3)cc2NC1=O. The summed E-state index contributed by atoms with van der Waals surface area (Å²) in [5.41, 5.74) is 1.84. The van der Waals surface area contributed by atoms with Gasteiger partial charge in [-0.25, -0.2) is 8.42 Å². The minimum atomic E-state index is -3.62. The van der Waals surface area contributed by atoms with E-state index in [1.54, 1.807) is 17.0 Å². The molecule has 2 aromatic rings. The molecule has 2 aromatic carbocycles. The topological polar surface area (TPSA) is 83.6 Å². The molecule has 0 aromatic heterocycles. The zero-order chi connectivity index (χ0) is 22.7. The first-order chi connectivity index (χ1) is 15.3. The summed E-state index contributed by atoms with van der Waals surface area (Å²) in [6, 6.07) is 15.2. The van der Waals surface area contributed by atoms with E-state index in [4.69, 9.17) is 0 Å². The number of thioether (sulfide) groups is 1. The molecule has 6 nitrogen and oxygen atoms in total. The second-order valence-corrected chi connectivity index (χ2v) is 12.0. The molecule has 1 N–H and O–H groups in total. The minimum Gasteiger partial charge on any atom is -0.343 e. The number of anilines is 1. The van der Waals surface area contributed by atoms with E-state index in [-0.39, 0.29) is 34.1 Å². The summed E-state index contributed by atoms with van der Waals surface area (Å²) in [5, 5.41) is 2.55. The van der Waals surface area contributed by atoms with Gasteiger partial charge in [-0.15, -0.1) is 11.8 Å². The third kappa shape index (κ3) is 5.35. The zero-order valence-electron chi connectivity index (χ0n) is 18.1. The van der Waals surface area contributed by atoms with E-state index in [1.165, 1.54) is 23.4 Å². The molecule has 32 heavy (non-hydrogen) atoms. The van der Waals surface area contributed by atoms with Gasteiger partial charge in [-0.05, 0) is 55.9 Å². The first-order valence-corrected chi connectivity index (χ1v) is 13.5. The molecule has 0 bridgehead atoms. The third-order valence-corrected chi connectivity index (χ3v) is 9.05. The summed E-state index contributed by atoms with van der Waals surface area (Å²) >= 11 is 1.41. The predicted molar refractivity (Wildman–Crippen MR) is 127 cm³/mol. The number of carbonyl (C=O) groups excluding carboxylic acids is 2. The number of fused-ring (bicyclic) bond motifs is 1. The number of rotatable bonds is 6. The van der Waals surface area contributed by atoms with Gasteiger partial charge in [0.05, 0.1) is 21.6 Å². The molecule has 0 saturated carbocycles. The highest BCUT2D eigenvalue weighted by Gasteiger charge is 2.27. The molecular weight excluding hydrogens is 444 g/mol. The normalized spacial score (nSPS) is 19.3. The number of nitrogens with one attached hydrogen (secondary N) is 1. The van der Waals surface area contributed by atoms with Gasteiger partial charge in [0.25, 0.3) is 0 Å². The van der Waals surface area contributed by atoms with E-state index in [0.717, 1.165) is 24.2 Å². The Morgan fingerprint density at radius 3 is 2.56 bits per heavy atom. The maximum absolute atomic E-state index is 12.8. The first kappa shape index (κ1) is 22.9. The van der Waals surface area contributed by atoms with E-state index in [0.29, 0.717) is 24.7 Å². The van der Waals surface area contributed by atoms with Crippen molar-refractivity contribution in [3.8, 4) is 0 Å². The van der Waals surface area contributed by atoms with Crippen LogP contribution in [0.1, 0.15) is 31.7 Å². The lowest BCUT2D eigenvalue weighted by Gasteiger charge is -2.32. The van der Waals surface area contributed by atoms with Crippen molar-refractivity contribution in [3.05, 3.63) is 54.1 Å². The second kappa shape index (κ2) is 9.67. The summed E-state index contributed by atoms with van der Waals surface area (Å²) in [6.45, 7) is 3.16. The maximum atomic E-state index is 12.8. The summed E-state index contributed by atoms with van der Waals surface area (Å²) in [7, 11) is -3.62. The van der Waals surface area contributed by atoms with Crippen LogP contribution in [0.2, 0.25) is 0 Å². The molecule has 2 amide bonds. The average molecular weight is 473 g/mol. The molecule has 170 valence electrons. The number of likely N-dealkylation sites (tertiary alicyclic amines) is 1. The van der Waals surface area contributed by atoms with Gasteiger partial charge in [-0.3, -0.25) is 9.59 Å². The number of carbonyl (C=O) groups is 2. The van der Waals surface area contributed by atoms with Gasteiger partial charge in [0.15, 0.2) is 9.84 Å². The van der Waals surface area contributed by atoms with Crippen LogP contribution in [-0.4, -0.2) is 49.2 Å². The smallest absolute Gasteiger partial charge is 0.237 e. The fourth-order valence-corrected chi connectivity index (χ4v) is 6.40. The van der Waals surface area contributed by atoms with Gasteiger partial charge in [-0.2, -0.15) is 0 Å². The highest BCUT2D eigenvalue weighted by atomic mass is 32.2. The third-order valence-electron chi connectivity index (χ3n) is 6.16. The van der Waals surface area contributed by atoms with Crippen molar-refractivity contribution < 1.29 is 18.0 Å². The molecule has 4 rings (SSSR count). The van der Waals surface area contributed by atoms with Crippen LogP contribution < -0.4 is 5.32 Å². The van der Waals surface area contributed by atoms with Crippen LogP contribution in [0.15, 0.2) is 58.3 Å². The fourth-order valence-electron chi connectivity index (χ4n) is 4.21. The van der Waals surface area contributed by atoms with E-state index < -0.39 is 9.84 Å². The van der Waals surface area contributed by atoms with E-state index >= 15 is 0 Å². The van der Waals surface area contributed by atoms with Crippen LogP contribution in [0.25, 0.3) is 0 Å². The van der Waals surface area contributed by atoms with Crippen molar-refractivity contribution in [3.63, 3.8) is 0 Å². The van der Waals surface area contributed by atoms with Crippen molar-refractivity contribution >= 4 is 39.1 Å². The Labute approximate surface area is 193 Å². The summed E-state index contributed by atoms with van der Waals surface area (Å²) < 4.78 is 25.6. The number of hydrogen-bond donors (Lipinski definition) is 1. The molecular formula is C24H28N2O4S2. The van der Waals surface area contributed by atoms with E-state index in [1.807, 2.05) is 25.1 Å². The molecule has 1 atom stereocenters. The van der Waals surface area contributed by atoms with Gasteiger partial charge in [0.1, 0.15) is 0 Å². The molecule has 8 heteroatoms. The molecule has 1 saturated heterocycles. The molecule has 2 heterocycles. The van der Waals surface area contributed by atoms with Gasteiger partial charge in [-0.1, -0.05) is 30.3 Å². The monoisotopic (exact) mass is 472 g/mol. The van der Waals surface area contributed by atoms with Gasteiger partial charge in [0, 0.05) is 24.4 Å². The second-order valence-electron chi connectivity index (χ2n) is 8.49. The van der Waals surface area contributed by atoms with Gasteiger partial charge < -0.3 is 10.2 Å². The van der Waals surface area contributed by atoms with Crippen molar-refractivity contribution in [2.75, 3.05) is 24.2 Å². The Hall–Kier alpha value is -2.32. The van der Waals surface area contributed by atoms with Gasteiger partial charge >= 0.3 is 0 Å². The molecule has 2 aliphatic heterocycles. The van der Waals surface area contributed by atoms with Gasteiger partial charge in [0.2, 0.25) is 11.8 Å². The molecule has 0 spiro atoms. The maximum Gasteiger partial charge on any atom is 0.237 e. The summed E-state index contributed by atoms with van der Waals surface area (Å²) in [4.78, 5) is 27.3. The van der Waals surface area contributed by atoms with Crippen molar-refractivity contribution in [2.45, 2.75) is 47.6 Å². The van der Waals surface area contributed by atoms with Crippen LogP contribution in [0.4, 0.5) is 5.69 Å². The summed E-state index contributed by atoms with van der Waals surface area (Å²) in [5.74, 6) is 0.0771. The van der Waals surface area contributed by atoms with Crippen LogP contribution in [0.5, 0.6) is 0 Å². The Morgan fingerprint density at radius 2 is 1.84 bits per heavy atom. The molecule has 0 unspecified atom stereocenters. The lowest BCUT2D eigenvalue weighted by molar-refractivity contribution is -0.132. The minimum absolute atomic E-state index is 0.0269. The van der Waals surface area contributed by atoms with E-state index in [9.17, 15) is 18.0 Å². The summed E-state index contributed by atoms with van der Waals surface area (Å²) in [6.07, 6.45) is 2.87. The number of nitrogens with zero attached hydrogens (tertiary/aromatic N) is 1. The molecule has 2 aliphatic rings. The van der Waals surface area contributed by atoms with Crippen LogP contribution in [0, 0.1) is 5.92 Å². The first-order valence-electron chi connectivity index (χ1n) is 11.0. The molecule has 0 aliphatic carbocycles. The average Bonchev–Trinajstić information content (AvgIpc) is 2.79. The highest BCUT2D eigenvalue weighted by Crippen LogP contribution is 2.37. The van der Waals surface area contributed by atoms with E-state index in [2.05, 4.69) is 17.4 Å². The van der Waals surface area contributed by atoms with Crippen molar-refractivity contribution in [2.24, 2.45) is 5.92 Å². The Balaban J connectivity index is 1.30. The van der Waals surface area contributed by atoms with Crippen molar-refractivity contribution in [1.82, 2.24) is 4.90 Å². The molecule has 1 fully saturated rings. The lowest BCUT2D eigenvalue weighted by atomic mass is 9.90. The molecule has 0 radical (unpaired) electrons. The largest absolute Gasteiger partial charge is 0.343 e. The Kier molecular flexibility index (Phi) is 6.90. The quantitative estimate of drug-likeness (QED) is 0.692. The Bertz CT molecular complexity index is 1090. The van der Waals surface area contributed by atoms with Crippen molar-refractivity contribution in [1.29, 1.82) is 0 Å². The highest BCUT2D eigenvalue weighted by molar-refractivity contribution is 8.01. The van der Waals surface area contributed by atoms with Crippen LogP contribution in [0.3, 0.4) is 0 Å². The van der Waals surface area contributed by atoms with Crippen LogP contribution >= 0.6 is 11.8 Å². The lowest BCUT2D eigenvalue weighted by Crippen LogP contribution is -2.39. The van der Waals surface area contributed by atoms with Crippen LogP contribution in [-0.2, 0) is 25.8 Å². The number of piperidine rings is 1. The standard InChI is InChI=1S/C24H28N2O4S2/c1-17-24(28)25-21-16-20(7-8-22(21)31-17)32(29,30)14-11-23(27)26-12-9-19(10-13-26)15-18-5-3-2-4-6-18/h2-8,16-17,19H,9-15H2,1H3,(H,25,28)/t17-/m0/s1. The fraction of sp³-hybridized carbons (Fsp3) is 0.417. The number of amides is 2. The Morgan fingerprint density at radius 1 is 1.12 bits per heavy atom. The number of hydrogen-bond acceptors (Lipinski definition) is 5. The number of benzene rings is 2. The predicted octanol–water partition coefficient (Wildman–Crippen LogP) is 3.76. The zero-order valence-corrected chi connectivity index (χ0v) is 19.8.